The van der Waals surface area contributed by atoms with Gasteiger partial charge in [-0.3, -0.25) is 14.5 Å². The first kappa shape index (κ1) is 24.1. The minimum Gasteiger partial charge on any atom is -0.477 e. The molecule has 0 bridgehead atoms. The van der Waals surface area contributed by atoms with Crippen molar-refractivity contribution >= 4 is 57.7 Å². The number of thioether (sulfide) groups is 1. The van der Waals surface area contributed by atoms with E-state index in [9.17, 15) is 19.5 Å². The number of carboxylic acid groups (broad SMARTS) is 1. The zero-order valence-electron chi connectivity index (χ0n) is 19.2. The number of anilines is 2. The number of β-lactam (4-membered cyclic amide) rings is 1. The molecule has 5 heterocycles. The molecule has 1 fully saturated rings. The van der Waals surface area contributed by atoms with E-state index in [2.05, 4.69) is 29.8 Å². The lowest BCUT2D eigenvalue weighted by Gasteiger charge is -2.49. The summed E-state index contributed by atoms with van der Waals surface area (Å²) >= 11 is 2.29. The molecule has 16 heteroatoms. The first-order valence-electron chi connectivity index (χ1n) is 11.2. The number of amides is 2. The van der Waals surface area contributed by atoms with Crippen molar-refractivity contribution in [2.75, 3.05) is 30.0 Å². The Morgan fingerprint density at radius 1 is 1.47 bits per heavy atom. The summed E-state index contributed by atoms with van der Waals surface area (Å²) in [6, 6.07) is 1.02. The summed E-state index contributed by atoms with van der Waals surface area (Å²) in [4.78, 5) is 48.5. The molecule has 2 amide bonds. The first-order chi connectivity index (χ1) is 17.4. The van der Waals surface area contributed by atoms with Gasteiger partial charge in [0, 0.05) is 29.4 Å². The quantitative estimate of drug-likeness (QED) is 0.145. The van der Waals surface area contributed by atoms with Gasteiger partial charge in [-0.2, -0.15) is 9.36 Å². The zero-order chi connectivity index (χ0) is 25.4. The highest BCUT2D eigenvalue weighted by atomic mass is 32.2. The van der Waals surface area contributed by atoms with E-state index in [0.717, 1.165) is 36.9 Å². The summed E-state index contributed by atoms with van der Waals surface area (Å²) in [6.07, 6.45) is 2.86. The van der Waals surface area contributed by atoms with Crippen LogP contribution in [0.5, 0.6) is 0 Å². The highest BCUT2D eigenvalue weighted by molar-refractivity contribution is 8.00. The fourth-order valence-corrected chi connectivity index (χ4v) is 6.07. The predicted molar refractivity (Wildman–Crippen MR) is 130 cm³/mol. The minimum atomic E-state index is -1.18. The second kappa shape index (κ2) is 9.77. The third kappa shape index (κ3) is 4.26. The number of carbonyl (C=O) groups is 3. The van der Waals surface area contributed by atoms with Crippen LogP contribution in [0.25, 0.3) is 0 Å². The van der Waals surface area contributed by atoms with E-state index in [1.165, 1.54) is 16.7 Å². The number of hydrogen-bond donors (Lipinski definition) is 4. The Labute approximate surface area is 213 Å². The average Bonchev–Trinajstić information content (AvgIpc) is 3.48. The molecule has 0 aliphatic carbocycles. The van der Waals surface area contributed by atoms with Gasteiger partial charge in [0.2, 0.25) is 11.5 Å². The minimum absolute atomic E-state index is 0.0150. The van der Waals surface area contributed by atoms with Gasteiger partial charge in [0.25, 0.3) is 11.8 Å². The molecular weight excluding hydrogens is 510 g/mol. The molecule has 5 rings (SSSR count). The van der Waals surface area contributed by atoms with E-state index in [0.29, 0.717) is 17.9 Å². The number of nitrogens with two attached hydrogens (primary N) is 1. The van der Waals surface area contributed by atoms with Crippen molar-refractivity contribution in [2.45, 2.75) is 37.8 Å². The molecule has 3 aliphatic heterocycles. The molecule has 3 aliphatic rings. The summed E-state index contributed by atoms with van der Waals surface area (Å²) in [7, 11) is 0. The van der Waals surface area contributed by atoms with Crippen LogP contribution in [0.1, 0.15) is 19.2 Å². The summed E-state index contributed by atoms with van der Waals surface area (Å²) in [5.41, 5.74) is 5.99. The Kier molecular flexibility index (Phi) is 6.53. The van der Waals surface area contributed by atoms with Crippen molar-refractivity contribution in [1.82, 2.24) is 24.3 Å². The van der Waals surface area contributed by atoms with Crippen LogP contribution < -0.4 is 21.0 Å². The second-order valence-electron chi connectivity index (χ2n) is 8.13. The van der Waals surface area contributed by atoms with Crippen LogP contribution in [-0.4, -0.2) is 77.9 Å². The van der Waals surface area contributed by atoms with Gasteiger partial charge in [-0.25, -0.2) is 4.79 Å². The number of aliphatic carboxylic acids is 1. The number of fused-ring (bicyclic) bond motifs is 2. The Balaban J connectivity index is 1.35. The van der Waals surface area contributed by atoms with E-state index in [-0.39, 0.29) is 29.0 Å². The third-order valence-corrected chi connectivity index (χ3v) is 7.77. The fourth-order valence-electron chi connectivity index (χ4n) is 4.30. The molecule has 0 spiro atoms. The SMILES string of the molecule is CCON=C(C(=O)N[C@@H]1C(=O)N2C(C(=O)O)=C(C[n+]3ccc4n3CCCN4)CS[C@H]12)c1nsc(N)n1. The van der Waals surface area contributed by atoms with Gasteiger partial charge in [0.15, 0.2) is 23.7 Å². The van der Waals surface area contributed by atoms with Crippen molar-refractivity contribution in [2.24, 2.45) is 5.16 Å². The van der Waals surface area contributed by atoms with Crippen molar-refractivity contribution < 1.29 is 29.0 Å². The van der Waals surface area contributed by atoms with Gasteiger partial charge in [-0.05, 0) is 13.3 Å². The maximum absolute atomic E-state index is 13.1. The molecule has 0 aromatic carbocycles. The standard InChI is InChI=1S/C20H23N9O5S2/c1-2-34-25-12(15-24-20(21)36-26-15)16(30)23-13-17(31)29-14(19(32)33)10(9-35-18(13)29)8-27-7-4-11-22-5-3-6-28(11)27/h4,7,13,18H,2-3,5-6,8-9H2,1H3,(H4,21,23,24,26,30,32,33)/p+1/t13-,18-/m1/s1. The van der Waals surface area contributed by atoms with Crippen molar-refractivity contribution in [3.63, 3.8) is 0 Å². The summed E-state index contributed by atoms with van der Waals surface area (Å²) in [5, 5.41) is 19.3. The topological polar surface area (TPSA) is 181 Å². The maximum atomic E-state index is 13.1. The molecule has 0 radical (unpaired) electrons. The van der Waals surface area contributed by atoms with Crippen molar-refractivity contribution in [3.8, 4) is 0 Å². The number of nitrogen functional groups attached to an aromatic ring is 1. The van der Waals surface area contributed by atoms with Gasteiger partial charge >= 0.3 is 5.97 Å². The molecule has 2 aromatic rings. The van der Waals surface area contributed by atoms with Crippen LogP contribution >= 0.6 is 23.3 Å². The Hall–Kier alpha value is -3.66. The van der Waals surface area contributed by atoms with Gasteiger partial charge in [0.05, 0.1) is 12.6 Å². The lowest BCUT2D eigenvalue weighted by atomic mass is 10.0. The number of nitrogens with one attached hydrogen (secondary N) is 2. The Morgan fingerprint density at radius 2 is 2.31 bits per heavy atom. The number of nitrogens with zero attached hydrogens (tertiary/aromatic N) is 6. The Bertz CT molecular complexity index is 1290. The molecule has 2 aromatic heterocycles. The molecule has 2 atom stereocenters. The van der Waals surface area contributed by atoms with E-state index in [4.69, 9.17) is 10.6 Å². The van der Waals surface area contributed by atoms with Gasteiger partial charge in [0.1, 0.15) is 23.7 Å². The lowest BCUT2D eigenvalue weighted by Crippen LogP contribution is -2.71. The molecule has 5 N–H and O–H groups in total. The largest absolute Gasteiger partial charge is 0.477 e. The Morgan fingerprint density at radius 3 is 3.03 bits per heavy atom. The molecule has 1 saturated heterocycles. The predicted octanol–water partition coefficient (Wildman–Crippen LogP) is -0.796. The second-order valence-corrected chi connectivity index (χ2v) is 10.0. The number of oxime groups is 1. The molecule has 190 valence electrons. The van der Waals surface area contributed by atoms with Crippen LogP contribution in [0.4, 0.5) is 10.9 Å². The summed E-state index contributed by atoms with van der Waals surface area (Å²) in [5.74, 6) is -1.05. The molecular formula is C20H24N9O5S2+. The number of rotatable bonds is 8. The monoisotopic (exact) mass is 534 g/mol. The van der Waals surface area contributed by atoms with Crippen molar-refractivity contribution in [1.29, 1.82) is 0 Å². The third-order valence-electron chi connectivity index (χ3n) is 5.89. The van der Waals surface area contributed by atoms with Gasteiger partial charge < -0.3 is 26.3 Å². The van der Waals surface area contributed by atoms with E-state index >= 15 is 0 Å². The number of carbonyl (C=O) groups excluding carboxylic acids is 2. The molecule has 0 saturated carbocycles. The highest BCUT2D eigenvalue weighted by Crippen LogP contribution is 2.40. The maximum Gasteiger partial charge on any atom is 0.352 e. The number of carboxylic acids is 1. The highest BCUT2D eigenvalue weighted by Gasteiger charge is 2.55. The molecule has 36 heavy (non-hydrogen) atoms. The van der Waals surface area contributed by atoms with Gasteiger partial charge in [-0.1, -0.05) is 5.16 Å². The van der Waals surface area contributed by atoms with Crippen LogP contribution in [0.15, 0.2) is 28.7 Å². The first-order valence-corrected chi connectivity index (χ1v) is 13.0. The molecule has 14 nitrogen and oxygen atoms in total. The smallest absolute Gasteiger partial charge is 0.352 e. The number of aromatic nitrogens is 4. The summed E-state index contributed by atoms with van der Waals surface area (Å²) < 4.78 is 8.01. The van der Waals surface area contributed by atoms with Crippen LogP contribution in [0.3, 0.4) is 0 Å². The lowest BCUT2D eigenvalue weighted by molar-refractivity contribution is -0.768. The van der Waals surface area contributed by atoms with Crippen LogP contribution in [0.2, 0.25) is 0 Å². The number of hydrogen-bond acceptors (Lipinski definition) is 11. The molecule has 0 unspecified atom stereocenters. The van der Waals surface area contributed by atoms with Crippen LogP contribution in [-0.2, 0) is 32.3 Å². The average molecular weight is 535 g/mol. The normalized spacial score (nSPS) is 21.3. The fraction of sp³-hybridized carbons (Fsp3) is 0.450. The zero-order valence-corrected chi connectivity index (χ0v) is 20.8. The van der Waals surface area contributed by atoms with Gasteiger partial charge in [-0.15, -0.1) is 21.1 Å². The van der Waals surface area contributed by atoms with E-state index in [1.54, 1.807) is 6.92 Å². The van der Waals surface area contributed by atoms with Crippen molar-refractivity contribution in [3.05, 3.63) is 29.4 Å². The summed E-state index contributed by atoms with van der Waals surface area (Å²) in [6.45, 7) is 3.96. The van der Waals surface area contributed by atoms with Crippen LogP contribution in [0, 0.1) is 0 Å². The van der Waals surface area contributed by atoms with E-state index in [1.807, 2.05) is 16.9 Å². The van der Waals surface area contributed by atoms with E-state index < -0.39 is 29.2 Å².